The van der Waals surface area contributed by atoms with Gasteiger partial charge in [0.05, 0.1) is 6.61 Å². The van der Waals surface area contributed by atoms with Crippen LogP contribution in [-0.2, 0) is 6.42 Å². The number of fused-ring (bicyclic) bond motifs is 1. The summed E-state index contributed by atoms with van der Waals surface area (Å²) in [5, 5.41) is 2.69. The van der Waals surface area contributed by atoms with Crippen LogP contribution in [0.3, 0.4) is 0 Å². The molecule has 0 bridgehead atoms. The van der Waals surface area contributed by atoms with E-state index in [9.17, 15) is 9.30 Å². The summed E-state index contributed by atoms with van der Waals surface area (Å²) in [6.07, 6.45) is 0.648. The van der Waals surface area contributed by atoms with Crippen LogP contribution in [0.5, 0.6) is 5.75 Å². The molecule has 1 heterocycles. The lowest BCUT2D eigenvalue weighted by Gasteiger charge is -2.00. The van der Waals surface area contributed by atoms with Crippen molar-refractivity contribution in [3.05, 3.63) is 28.4 Å². The minimum Gasteiger partial charge on any atom is -0.491 e. The van der Waals surface area contributed by atoms with Crippen LogP contribution in [0, 0.1) is 10.7 Å². The van der Waals surface area contributed by atoms with Crippen molar-refractivity contribution in [2.24, 2.45) is 5.18 Å². The maximum absolute atomic E-state index is 12.8. The molecule has 0 atom stereocenters. The van der Waals surface area contributed by atoms with Gasteiger partial charge in [0.2, 0.25) is 0 Å². The summed E-state index contributed by atoms with van der Waals surface area (Å²) in [7, 11) is 0. The molecule has 4 heteroatoms. The van der Waals surface area contributed by atoms with Crippen molar-refractivity contribution in [1.29, 1.82) is 0 Å². The molecule has 0 saturated heterocycles. The Morgan fingerprint density at radius 3 is 2.79 bits per heavy atom. The summed E-state index contributed by atoms with van der Waals surface area (Å²) in [4.78, 5) is 10.2. The quantitative estimate of drug-likeness (QED) is 0.648. The van der Waals surface area contributed by atoms with Gasteiger partial charge in [-0.05, 0) is 11.2 Å². The van der Waals surface area contributed by atoms with Gasteiger partial charge >= 0.3 is 0 Å². The third-order valence-corrected chi connectivity index (χ3v) is 1.83. The van der Waals surface area contributed by atoms with Gasteiger partial charge < -0.3 is 4.74 Å². The summed E-state index contributed by atoms with van der Waals surface area (Å²) in [6, 6.07) is 2.45. The van der Waals surface area contributed by atoms with E-state index in [2.05, 4.69) is 5.18 Å². The maximum Gasteiger partial charge on any atom is 0.153 e. The van der Waals surface area contributed by atoms with E-state index >= 15 is 0 Å². The van der Waals surface area contributed by atoms with Gasteiger partial charge in [0.1, 0.15) is 5.82 Å². The van der Waals surface area contributed by atoms with E-state index in [4.69, 9.17) is 4.74 Å². The van der Waals surface area contributed by atoms with E-state index in [1.165, 1.54) is 6.07 Å². The van der Waals surface area contributed by atoms with Crippen LogP contribution in [0.15, 0.2) is 17.3 Å². The highest BCUT2D eigenvalue weighted by molar-refractivity contribution is 5.57. The number of nitrogens with zero attached hydrogens (tertiary/aromatic N) is 1. The molecular weight excluding hydrogens is 185 g/mol. The van der Waals surface area contributed by atoms with Crippen molar-refractivity contribution < 1.29 is 9.13 Å². The molecule has 1 aromatic carbocycles. The first-order valence-electron chi connectivity index (χ1n) is 4.60. The van der Waals surface area contributed by atoms with Crippen LogP contribution in [0.1, 0.15) is 19.4 Å². The molecule has 2 rings (SSSR count). The second-order valence-corrected chi connectivity index (χ2v) is 2.60. The van der Waals surface area contributed by atoms with E-state index in [0.717, 1.165) is 11.6 Å². The molecule has 0 fully saturated rings. The van der Waals surface area contributed by atoms with Crippen LogP contribution in [0.2, 0.25) is 0 Å². The summed E-state index contributed by atoms with van der Waals surface area (Å²) in [6.45, 7) is 4.50. The minimum atomic E-state index is -0.436. The van der Waals surface area contributed by atoms with E-state index < -0.39 is 5.82 Å². The number of rotatable bonds is 1. The first kappa shape index (κ1) is 10.6. The third-order valence-electron chi connectivity index (χ3n) is 1.83. The highest BCUT2D eigenvalue weighted by atomic mass is 19.1. The monoisotopic (exact) mass is 197 g/mol. The molecule has 0 spiro atoms. The van der Waals surface area contributed by atoms with Gasteiger partial charge in [0.15, 0.2) is 11.4 Å². The highest BCUT2D eigenvalue weighted by Gasteiger charge is 2.18. The molecule has 0 aromatic heterocycles. The molecule has 1 aliphatic rings. The molecule has 1 aliphatic heterocycles. The van der Waals surface area contributed by atoms with E-state index in [0.29, 0.717) is 18.8 Å². The van der Waals surface area contributed by atoms with E-state index in [1.807, 2.05) is 13.8 Å². The SMILES string of the molecule is CC.O=Nc1cc(F)cc2c1OCC2. The normalized spacial score (nSPS) is 12.2. The standard InChI is InChI=1S/C8H6FNO2.C2H6/c9-6-3-5-1-2-12-8(5)7(4-6)10-11;1-2/h3-4H,1-2H2;1-2H3. The Hall–Kier alpha value is -1.45. The fourth-order valence-electron chi connectivity index (χ4n) is 1.32. The van der Waals surface area contributed by atoms with Crippen molar-refractivity contribution in [1.82, 2.24) is 0 Å². The molecular formula is C10H12FNO2. The first-order chi connectivity index (χ1) is 6.81. The van der Waals surface area contributed by atoms with Crippen molar-refractivity contribution in [2.75, 3.05) is 6.61 Å². The number of hydrogen-bond acceptors (Lipinski definition) is 3. The molecule has 14 heavy (non-hydrogen) atoms. The van der Waals surface area contributed by atoms with Gasteiger partial charge in [-0.3, -0.25) is 0 Å². The fourth-order valence-corrected chi connectivity index (χ4v) is 1.32. The largest absolute Gasteiger partial charge is 0.491 e. The number of hydrogen-bond donors (Lipinski definition) is 0. The predicted molar refractivity (Wildman–Crippen MR) is 52.4 cm³/mol. The lowest BCUT2D eigenvalue weighted by atomic mass is 10.1. The van der Waals surface area contributed by atoms with Gasteiger partial charge in [-0.25, -0.2) is 4.39 Å². The van der Waals surface area contributed by atoms with Gasteiger partial charge in [0, 0.05) is 18.1 Å². The molecule has 76 valence electrons. The summed E-state index contributed by atoms with van der Waals surface area (Å²) in [5.41, 5.74) is 0.784. The lowest BCUT2D eigenvalue weighted by molar-refractivity contribution is 0.357. The van der Waals surface area contributed by atoms with E-state index in [1.54, 1.807) is 0 Å². The summed E-state index contributed by atoms with van der Waals surface area (Å²) < 4.78 is 17.9. The van der Waals surface area contributed by atoms with Crippen LogP contribution < -0.4 is 4.74 Å². The summed E-state index contributed by atoms with van der Waals surface area (Å²) >= 11 is 0. The Bertz CT molecular complexity index is 339. The molecule has 0 unspecified atom stereocenters. The third kappa shape index (κ3) is 1.89. The second-order valence-electron chi connectivity index (χ2n) is 2.60. The topological polar surface area (TPSA) is 38.7 Å². The Balaban J connectivity index is 0.000000461. The van der Waals surface area contributed by atoms with Crippen LogP contribution in [0.4, 0.5) is 10.1 Å². The molecule has 3 nitrogen and oxygen atoms in total. The van der Waals surface area contributed by atoms with Gasteiger partial charge in [-0.1, -0.05) is 13.8 Å². The van der Waals surface area contributed by atoms with Gasteiger partial charge in [-0.15, -0.1) is 4.91 Å². The Kier molecular flexibility index (Phi) is 3.56. The number of halogens is 1. The summed E-state index contributed by atoms with van der Waals surface area (Å²) in [5.74, 6) is 0.000231. The zero-order chi connectivity index (χ0) is 10.6. The first-order valence-corrected chi connectivity index (χ1v) is 4.60. The Morgan fingerprint density at radius 2 is 2.14 bits per heavy atom. The number of nitroso groups, excluding NO2 is 1. The van der Waals surface area contributed by atoms with E-state index in [-0.39, 0.29) is 5.69 Å². The Labute approximate surface area is 81.9 Å². The van der Waals surface area contributed by atoms with Crippen molar-refractivity contribution in [3.8, 4) is 5.75 Å². The van der Waals surface area contributed by atoms with Crippen LogP contribution in [-0.4, -0.2) is 6.61 Å². The highest BCUT2D eigenvalue weighted by Crippen LogP contribution is 2.36. The molecule has 0 saturated carbocycles. The molecule has 0 radical (unpaired) electrons. The molecule has 0 amide bonds. The Morgan fingerprint density at radius 1 is 1.43 bits per heavy atom. The number of ether oxygens (including phenoxy) is 1. The molecule has 0 N–H and O–H groups in total. The lowest BCUT2D eigenvalue weighted by Crippen LogP contribution is -1.86. The fraction of sp³-hybridized carbons (Fsp3) is 0.400. The average molecular weight is 197 g/mol. The molecule has 0 aliphatic carbocycles. The van der Waals surface area contributed by atoms with Crippen LogP contribution in [0.25, 0.3) is 0 Å². The van der Waals surface area contributed by atoms with Crippen molar-refractivity contribution in [3.63, 3.8) is 0 Å². The smallest absolute Gasteiger partial charge is 0.153 e. The maximum atomic E-state index is 12.8. The van der Waals surface area contributed by atoms with Crippen molar-refractivity contribution in [2.45, 2.75) is 20.3 Å². The minimum absolute atomic E-state index is 0.0579. The second kappa shape index (κ2) is 4.69. The van der Waals surface area contributed by atoms with Gasteiger partial charge in [0.25, 0.3) is 0 Å². The van der Waals surface area contributed by atoms with Gasteiger partial charge in [-0.2, -0.15) is 0 Å². The predicted octanol–water partition coefficient (Wildman–Crippen LogP) is 3.18. The zero-order valence-electron chi connectivity index (χ0n) is 8.21. The van der Waals surface area contributed by atoms with Crippen molar-refractivity contribution >= 4 is 5.69 Å². The molecule has 1 aromatic rings. The number of benzene rings is 1. The zero-order valence-corrected chi connectivity index (χ0v) is 8.21. The average Bonchev–Trinajstić information content (AvgIpc) is 2.67. The van der Waals surface area contributed by atoms with Crippen LogP contribution >= 0.6 is 0 Å².